The van der Waals surface area contributed by atoms with Crippen LogP contribution in [0.2, 0.25) is 0 Å². The molecular formula is C20H17F4NO2. The third-order valence-electron chi connectivity index (χ3n) is 4.70. The number of carbonyl (C=O) groups excluding carboxylic acids is 1. The van der Waals surface area contributed by atoms with Crippen molar-refractivity contribution in [3.8, 4) is 0 Å². The number of aliphatic hydroxyl groups excluding tert-OH is 1. The van der Waals surface area contributed by atoms with Crippen LogP contribution in [-0.4, -0.2) is 22.4 Å². The normalized spacial score (nSPS) is 18.2. The second kappa shape index (κ2) is 7.15. The third kappa shape index (κ3) is 3.35. The van der Waals surface area contributed by atoms with Gasteiger partial charge in [0.1, 0.15) is 24.3 Å². The van der Waals surface area contributed by atoms with E-state index in [4.69, 9.17) is 5.11 Å². The van der Waals surface area contributed by atoms with Gasteiger partial charge in [0, 0.05) is 17.3 Å². The highest BCUT2D eigenvalue weighted by Crippen LogP contribution is 2.39. The van der Waals surface area contributed by atoms with E-state index in [0.29, 0.717) is 0 Å². The maximum atomic E-state index is 14.8. The van der Waals surface area contributed by atoms with Crippen molar-refractivity contribution in [2.45, 2.75) is 24.9 Å². The second-order valence-electron chi connectivity index (χ2n) is 6.34. The predicted molar refractivity (Wildman–Crippen MR) is 90.9 cm³/mol. The summed E-state index contributed by atoms with van der Waals surface area (Å²) in [6.07, 6.45) is 2.65. The molecule has 142 valence electrons. The van der Waals surface area contributed by atoms with Crippen LogP contribution < -0.4 is 0 Å². The van der Waals surface area contributed by atoms with E-state index in [1.807, 2.05) is 0 Å². The van der Waals surface area contributed by atoms with Gasteiger partial charge in [-0.05, 0) is 25.1 Å². The van der Waals surface area contributed by atoms with Crippen molar-refractivity contribution in [1.82, 2.24) is 4.90 Å². The molecule has 2 aromatic rings. The van der Waals surface area contributed by atoms with Gasteiger partial charge in [-0.25, -0.2) is 8.78 Å². The average Bonchev–Trinajstić information content (AvgIpc) is 3.03. The van der Waals surface area contributed by atoms with Crippen LogP contribution in [0.25, 0.3) is 0 Å². The molecule has 0 saturated heterocycles. The number of rotatable bonds is 5. The summed E-state index contributed by atoms with van der Waals surface area (Å²) in [6.45, 7) is 0.0117. The summed E-state index contributed by atoms with van der Waals surface area (Å²) in [4.78, 5) is 13.7. The quantitative estimate of drug-likeness (QED) is 0.790. The molecule has 0 saturated carbocycles. The number of benzene rings is 2. The molecular weight excluding hydrogens is 362 g/mol. The molecule has 0 fully saturated rings. The molecule has 27 heavy (non-hydrogen) atoms. The molecule has 1 N–H and O–H groups in total. The maximum absolute atomic E-state index is 14.8. The minimum absolute atomic E-state index is 0.0821. The van der Waals surface area contributed by atoms with Crippen LogP contribution in [-0.2, 0) is 10.7 Å². The van der Waals surface area contributed by atoms with Crippen LogP contribution in [0.1, 0.15) is 35.7 Å². The Labute approximate surface area is 153 Å². The molecule has 0 bridgehead atoms. The van der Waals surface area contributed by atoms with Gasteiger partial charge in [-0.2, -0.15) is 8.78 Å². The van der Waals surface area contributed by atoms with E-state index in [9.17, 15) is 22.4 Å². The molecule has 0 aliphatic carbocycles. The van der Waals surface area contributed by atoms with Crippen LogP contribution in [0.15, 0.2) is 54.7 Å². The predicted octanol–water partition coefficient (Wildman–Crippen LogP) is 4.25. The van der Waals surface area contributed by atoms with E-state index < -0.39 is 41.8 Å². The van der Waals surface area contributed by atoms with Gasteiger partial charge in [0.2, 0.25) is 0 Å². The van der Waals surface area contributed by atoms with Gasteiger partial charge in [-0.15, -0.1) is 0 Å². The van der Waals surface area contributed by atoms with Crippen molar-refractivity contribution in [1.29, 1.82) is 0 Å². The number of hydrogen-bond donors (Lipinski definition) is 1. The summed E-state index contributed by atoms with van der Waals surface area (Å²) in [5, 5.41) is 8.84. The highest BCUT2D eigenvalue weighted by Gasteiger charge is 2.38. The number of alkyl halides is 2. The lowest BCUT2D eigenvalue weighted by Crippen LogP contribution is -2.29. The highest BCUT2D eigenvalue weighted by molar-refractivity contribution is 5.97. The minimum Gasteiger partial charge on any atom is -0.390 e. The smallest absolute Gasteiger partial charge is 0.298 e. The molecule has 0 aromatic heterocycles. The van der Waals surface area contributed by atoms with Crippen molar-refractivity contribution >= 4 is 5.78 Å². The number of hydrogen-bond acceptors (Lipinski definition) is 3. The molecule has 2 unspecified atom stereocenters. The fraction of sp³-hybridized carbons (Fsp3) is 0.250. The van der Waals surface area contributed by atoms with Crippen LogP contribution in [0, 0.1) is 11.6 Å². The molecule has 0 amide bonds. The van der Waals surface area contributed by atoms with Gasteiger partial charge in [0.15, 0.2) is 5.78 Å². The fourth-order valence-electron chi connectivity index (χ4n) is 3.25. The Hall–Kier alpha value is -2.67. The van der Waals surface area contributed by atoms with Crippen molar-refractivity contribution in [2.75, 3.05) is 6.61 Å². The summed E-state index contributed by atoms with van der Waals surface area (Å²) >= 11 is 0. The molecule has 0 spiro atoms. The number of nitrogens with zero attached hydrogens (tertiary/aromatic N) is 1. The number of aliphatic hydroxyl groups is 1. The first-order valence-corrected chi connectivity index (χ1v) is 8.29. The first-order chi connectivity index (χ1) is 12.8. The first kappa shape index (κ1) is 19.1. The van der Waals surface area contributed by atoms with Crippen LogP contribution >= 0.6 is 0 Å². The standard InChI is InChI=1S/C20H17F4NO2/c1-12(13-6-4-7-15(18(13)22)20(23,24)11-26)25-10-9-17(27)19(25)14-5-2-3-8-16(14)21/h2-10,12,19,26H,11H2,1H3. The van der Waals surface area contributed by atoms with Gasteiger partial charge in [-0.3, -0.25) is 4.79 Å². The van der Waals surface area contributed by atoms with Gasteiger partial charge in [0.25, 0.3) is 5.92 Å². The number of halogens is 4. The maximum Gasteiger partial charge on any atom is 0.298 e. The Balaban J connectivity index is 2.02. The van der Waals surface area contributed by atoms with Crippen LogP contribution in [0.3, 0.4) is 0 Å². The fourth-order valence-corrected chi connectivity index (χ4v) is 3.25. The molecule has 2 aromatic carbocycles. The molecule has 1 heterocycles. The zero-order chi connectivity index (χ0) is 19.8. The summed E-state index contributed by atoms with van der Waals surface area (Å²) in [5.74, 6) is -5.87. The monoisotopic (exact) mass is 379 g/mol. The molecule has 7 heteroatoms. The zero-order valence-corrected chi connectivity index (χ0v) is 14.4. The van der Waals surface area contributed by atoms with Gasteiger partial charge in [-0.1, -0.05) is 30.3 Å². The number of carbonyl (C=O) groups is 1. The lowest BCUT2D eigenvalue weighted by atomic mass is 9.97. The molecule has 3 nitrogen and oxygen atoms in total. The summed E-state index contributed by atoms with van der Waals surface area (Å²) in [6, 6.07) is 7.38. The summed E-state index contributed by atoms with van der Waals surface area (Å²) in [5.41, 5.74) is -0.885. The van der Waals surface area contributed by atoms with Gasteiger partial charge in [0.05, 0.1) is 11.6 Å². The lowest BCUT2D eigenvalue weighted by molar-refractivity contribution is -0.118. The van der Waals surface area contributed by atoms with E-state index in [-0.39, 0.29) is 16.9 Å². The highest BCUT2D eigenvalue weighted by atomic mass is 19.3. The minimum atomic E-state index is -3.73. The van der Waals surface area contributed by atoms with Crippen molar-refractivity contribution in [3.05, 3.63) is 83.1 Å². The topological polar surface area (TPSA) is 40.5 Å². The largest absolute Gasteiger partial charge is 0.390 e. The van der Waals surface area contributed by atoms with Crippen molar-refractivity contribution in [2.24, 2.45) is 0 Å². The Kier molecular flexibility index (Phi) is 5.06. The molecule has 3 rings (SSSR count). The van der Waals surface area contributed by atoms with Gasteiger partial charge < -0.3 is 10.0 Å². The van der Waals surface area contributed by atoms with Crippen LogP contribution in [0.5, 0.6) is 0 Å². The SMILES string of the molecule is CC(c1cccc(C(F)(F)CO)c1F)N1C=CC(=O)C1c1ccccc1F. The summed E-state index contributed by atoms with van der Waals surface area (Å²) < 4.78 is 56.6. The lowest BCUT2D eigenvalue weighted by Gasteiger charge is -2.32. The van der Waals surface area contributed by atoms with Gasteiger partial charge >= 0.3 is 0 Å². The first-order valence-electron chi connectivity index (χ1n) is 8.29. The Morgan fingerprint density at radius 2 is 1.85 bits per heavy atom. The average molecular weight is 379 g/mol. The molecule has 2 atom stereocenters. The molecule has 0 radical (unpaired) electrons. The molecule has 1 aliphatic heterocycles. The molecule has 1 aliphatic rings. The Morgan fingerprint density at radius 3 is 2.52 bits per heavy atom. The summed E-state index contributed by atoms with van der Waals surface area (Å²) in [7, 11) is 0. The second-order valence-corrected chi connectivity index (χ2v) is 6.34. The van der Waals surface area contributed by atoms with E-state index >= 15 is 0 Å². The van der Waals surface area contributed by atoms with Crippen molar-refractivity contribution in [3.63, 3.8) is 0 Å². The Bertz CT molecular complexity index is 897. The van der Waals surface area contributed by atoms with E-state index in [0.717, 1.165) is 6.07 Å². The van der Waals surface area contributed by atoms with E-state index in [1.54, 1.807) is 6.07 Å². The zero-order valence-electron chi connectivity index (χ0n) is 14.4. The number of ketones is 1. The van der Waals surface area contributed by atoms with Crippen molar-refractivity contribution < 1.29 is 27.5 Å². The van der Waals surface area contributed by atoms with Crippen LogP contribution in [0.4, 0.5) is 17.6 Å². The Morgan fingerprint density at radius 1 is 1.15 bits per heavy atom. The van der Waals surface area contributed by atoms with E-state index in [1.165, 1.54) is 54.4 Å². The van der Waals surface area contributed by atoms with E-state index in [2.05, 4.69) is 0 Å². The third-order valence-corrected chi connectivity index (χ3v) is 4.70.